The number of hydrogen-bond donors (Lipinski definition) is 1. The van der Waals surface area contributed by atoms with Gasteiger partial charge in [-0.3, -0.25) is 0 Å². The smallest absolute Gasteiger partial charge is 0.0172 e. The predicted octanol–water partition coefficient (Wildman–Crippen LogP) is 2.27. The molecule has 2 unspecified atom stereocenters. The number of rotatable bonds is 4. The lowest BCUT2D eigenvalue weighted by molar-refractivity contribution is 0.492. The van der Waals surface area contributed by atoms with Gasteiger partial charge in [-0.2, -0.15) is 11.8 Å². The lowest BCUT2D eigenvalue weighted by atomic mass is 10.2. The summed E-state index contributed by atoms with van der Waals surface area (Å²) in [5, 5.41) is 4.59. The summed E-state index contributed by atoms with van der Waals surface area (Å²) in [6.07, 6.45) is 5.81. The first-order valence-corrected chi connectivity index (χ1v) is 6.26. The third-order valence-electron chi connectivity index (χ3n) is 3.02. The molecule has 1 aliphatic carbocycles. The van der Waals surface area contributed by atoms with Crippen molar-refractivity contribution in [3.05, 3.63) is 0 Å². The van der Waals surface area contributed by atoms with Crippen molar-refractivity contribution >= 4 is 11.8 Å². The van der Waals surface area contributed by atoms with E-state index in [1.54, 1.807) is 0 Å². The second kappa shape index (κ2) is 4.01. The van der Waals surface area contributed by atoms with Gasteiger partial charge in [-0.05, 0) is 44.3 Å². The van der Waals surface area contributed by atoms with Gasteiger partial charge >= 0.3 is 0 Å². The van der Waals surface area contributed by atoms with Crippen molar-refractivity contribution < 1.29 is 0 Å². The number of nitrogens with one attached hydrogen (secondary N) is 1. The molecule has 0 aromatic carbocycles. The van der Waals surface area contributed by atoms with Gasteiger partial charge in [-0.15, -0.1) is 0 Å². The first kappa shape index (κ1) is 8.89. The zero-order valence-electron chi connectivity index (χ0n) is 7.88. The minimum Gasteiger partial charge on any atom is -0.313 e. The molecule has 0 aromatic rings. The Morgan fingerprint density at radius 2 is 2.25 bits per heavy atom. The van der Waals surface area contributed by atoms with Crippen molar-refractivity contribution in [2.75, 3.05) is 12.3 Å². The average Bonchev–Trinajstić information content (AvgIpc) is 2.80. The minimum atomic E-state index is 0.784. The lowest BCUT2D eigenvalue weighted by Gasteiger charge is -2.15. The van der Waals surface area contributed by atoms with E-state index in [1.165, 1.54) is 38.0 Å². The van der Waals surface area contributed by atoms with Crippen LogP contribution in [0.25, 0.3) is 0 Å². The molecule has 1 nitrogen and oxygen atoms in total. The Morgan fingerprint density at radius 1 is 1.42 bits per heavy atom. The Balaban J connectivity index is 1.60. The van der Waals surface area contributed by atoms with Crippen molar-refractivity contribution in [2.24, 2.45) is 5.92 Å². The molecule has 1 aliphatic heterocycles. The molecule has 2 atom stereocenters. The molecule has 1 saturated heterocycles. The van der Waals surface area contributed by atoms with Crippen LogP contribution in [0.1, 0.15) is 32.6 Å². The van der Waals surface area contributed by atoms with E-state index in [0.29, 0.717) is 0 Å². The zero-order chi connectivity index (χ0) is 8.39. The maximum Gasteiger partial charge on any atom is 0.0172 e. The maximum atomic E-state index is 3.67. The molecule has 0 spiro atoms. The Bertz CT molecular complexity index is 137. The lowest BCUT2D eigenvalue weighted by Crippen LogP contribution is -2.33. The fourth-order valence-corrected chi connectivity index (χ4v) is 3.10. The van der Waals surface area contributed by atoms with Crippen LogP contribution in [0.15, 0.2) is 0 Å². The molecular formula is C10H19NS. The van der Waals surface area contributed by atoms with Gasteiger partial charge in [0.1, 0.15) is 0 Å². The quantitative estimate of drug-likeness (QED) is 0.721. The summed E-state index contributed by atoms with van der Waals surface area (Å²) in [5.74, 6) is 2.40. The van der Waals surface area contributed by atoms with E-state index >= 15 is 0 Å². The van der Waals surface area contributed by atoms with Crippen LogP contribution in [-0.4, -0.2) is 23.6 Å². The highest BCUT2D eigenvalue weighted by Crippen LogP contribution is 2.33. The largest absolute Gasteiger partial charge is 0.313 e. The Hall–Kier alpha value is 0.310. The first-order chi connectivity index (χ1) is 5.86. The van der Waals surface area contributed by atoms with E-state index in [-0.39, 0.29) is 0 Å². The van der Waals surface area contributed by atoms with Crippen LogP contribution in [0.5, 0.6) is 0 Å². The maximum absolute atomic E-state index is 3.67. The van der Waals surface area contributed by atoms with Crippen LogP contribution in [0.4, 0.5) is 0 Å². The zero-order valence-corrected chi connectivity index (χ0v) is 8.70. The summed E-state index contributed by atoms with van der Waals surface area (Å²) in [6.45, 7) is 3.60. The summed E-state index contributed by atoms with van der Waals surface area (Å²) in [5.41, 5.74) is 0. The van der Waals surface area contributed by atoms with Crippen LogP contribution in [-0.2, 0) is 0 Å². The molecule has 0 bridgehead atoms. The molecule has 1 N–H and O–H groups in total. The molecule has 0 aromatic heterocycles. The van der Waals surface area contributed by atoms with Gasteiger partial charge < -0.3 is 5.32 Å². The van der Waals surface area contributed by atoms with Crippen molar-refractivity contribution in [3.63, 3.8) is 0 Å². The van der Waals surface area contributed by atoms with E-state index < -0.39 is 0 Å². The summed E-state index contributed by atoms with van der Waals surface area (Å²) >= 11 is 2.15. The second-order valence-corrected chi connectivity index (χ2v) is 5.58. The molecule has 12 heavy (non-hydrogen) atoms. The van der Waals surface area contributed by atoms with Crippen molar-refractivity contribution in [1.82, 2.24) is 5.32 Å². The van der Waals surface area contributed by atoms with Gasteiger partial charge in [0, 0.05) is 17.8 Å². The molecule has 2 aliphatic rings. The third-order valence-corrected chi connectivity index (χ3v) is 4.42. The Morgan fingerprint density at radius 3 is 2.83 bits per heavy atom. The van der Waals surface area contributed by atoms with Gasteiger partial charge in [0.25, 0.3) is 0 Å². The second-order valence-electron chi connectivity index (χ2n) is 4.17. The predicted molar refractivity (Wildman–Crippen MR) is 55.7 cm³/mol. The first-order valence-electron chi connectivity index (χ1n) is 5.21. The van der Waals surface area contributed by atoms with Crippen molar-refractivity contribution in [2.45, 2.75) is 43.9 Å². The van der Waals surface area contributed by atoms with Crippen LogP contribution in [0, 0.1) is 5.92 Å². The minimum absolute atomic E-state index is 0.784. The molecule has 1 saturated carbocycles. The molecule has 0 amide bonds. The van der Waals surface area contributed by atoms with Crippen molar-refractivity contribution in [1.29, 1.82) is 0 Å². The van der Waals surface area contributed by atoms with Gasteiger partial charge in [-0.1, -0.05) is 0 Å². The topological polar surface area (TPSA) is 12.0 Å². The normalized spacial score (nSPS) is 32.2. The van der Waals surface area contributed by atoms with Gasteiger partial charge in [-0.25, -0.2) is 0 Å². The molecular weight excluding hydrogens is 166 g/mol. The summed E-state index contributed by atoms with van der Waals surface area (Å²) in [4.78, 5) is 0. The molecule has 70 valence electrons. The fraction of sp³-hybridized carbons (Fsp3) is 1.00. The molecule has 0 radical (unpaired) electrons. The summed E-state index contributed by atoms with van der Waals surface area (Å²) in [7, 11) is 0. The highest BCUT2D eigenvalue weighted by atomic mass is 32.2. The molecule has 2 fully saturated rings. The number of hydrogen-bond acceptors (Lipinski definition) is 2. The van der Waals surface area contributed by atoms with Gasteiger partial charge in [0.05, 0.1) is 0 Å². The van der Waals surface area contributed by atoms with E-state index in [1.807, 2.05) is 0 Å². The average molecular weight is 185 g/mol. The monoisotopic (exact) mass is 185 g/mol. The standard InChI is InChI=1S/C10H19NS/c1-8(9-4-5-9)11-7-10-3-2-6-12-10/h8-11H,2-7H2,1H3. The highest BCUT2D eigenvalue weighted by molar-refractivity contribution is 8.00. The molecule has 2 rings (SSSR count). The van der Waals surface area contributed by atoms with Crippen LogP contribution >= 0.6 is 11.8 Å². The van der Waals surface area contributed by atoms with Crippen LogP contribution < -0.4 is 5.32 Å². The SMILES string of the molecule is CC(NCC1CCCS1)C1CC1. The fourth-order valence-electron chi connectivity index (χ4n) is 1.89. The van der Waals surface area contributed by atoms with Crippen molar-refractivity contribution in [3.8, 4) is 0 Å². The summed E-state index contributed by atoms with van der Waals surface area (Å²) in [6, 6.07) is 0.784. The number of thioether (sulfide) groups is 1. The highest BCUT2D eigenvalue weighted by Gasteiger charge is 2.28. The third kappa shape index (κ3) is 2.40. The van der Waals surface area contributed by atoms with E-state index in [0.717, 1.165) is 17.2 Å². The van der Waals surface area contributed by atoms with Gasteiger partial charge in [0.2, 0.25) is 0 Å². The van der Waals surface area contributed by atoms with Crippen LogP contribution in [0.2, 0.25) is 0 Å². The van der Waals surface area contributed by atoms with E-state index in [2.05, 4.69) is 24.0 Å². The Kier molecular flexibility index (Phi) is 2.97. The molecule has 2 heteroatoms. The Labute approximate surface area is 79.7 Å². The van der Waals surface area contributed by atoms with Gasteiger partial charge in [0.15, 0.2) is 0 Å². The van der Waals surface area contributed by atoms with E-state index in [4.69, 9.17) is 0 Å². The molecule has 1 heterocycles. The summed E-state index contributed by atoms with van der Waals surface area (Å²) < 4.78 is 0. The van der Waals surface area contributed by atoms with E-state index in [9.17, 15) is 0 Å². The van der Waals surface area contributed by atoms with Crippen LogP contribution in [0.3, 0.4) is 0 Å².